The van der Waals surface area contributed by atoms with E-state index in [0.717, 1.165) is 12.1 Å². The molecule has 0 unspecified atom stereocenters. The summed E-state index contributed by atoms with van der Waals surface area (Å²) in [4.78, 5) is 22.7. The second-order valence-corrected chi connectivity index (χ2v) is 4.64. The Balaban J connectivity index is 2.66. The van der Waals surface area contributed by atoms with Gasteiger partial charge in [0.15, 0.2) is 0 Å². The molecule has 98 valence electrons. The number of amides is 1. The molecule has 0 fully saturated rings. The van der Waals surface area contributed by atoms with Gasteiger partial charge in [0, 0.05) is 5.56 Å². The Morgan fingerprint density at radius 1 is 1.39 bits per heavy atom. The van der Waals surface area contributed by atoms with Gasteiger partial charge in [-0.15, -0.1) is 0 Å². The summed E-state index contributed by atoms with van der Waals surface area (Å²) in [5, 5.41) is 11.4. The highest BCUT2D eigenvalue weighted by Crippen LogP contribution is 2.05. The second kappa shape index (κ2) is 7.00. The predicted molar refractivity (Wildman–Crippen MR) is 68.3 cm³/mol. The van der Waals surface area contributed by atoms with Crippen LogP contribution in [0.3, 0.4) is 0 Å². The third-order valence-corrected chi connectivity index (χ3v) is 2.96. The van der Waals surface area contributed by atoms with Gasteiger partial charge in [-0.3, -0.25) is 4.79 Å². The maximum Gasteiger partial charge on any atom is 0.326 e. The van der Waals surface area contributed by atoms with Crippen molar-refractivity contribution in [2.24, 2.45) is 0 Å². The lowest BCUT2D eigenvalue weighted by molar-refractivity contribution is -0.139. The van der Waals surface area contributed by atoms with Crippen LogP contribution in [-0.4, -0.2) is 35.0 Å². The minimum Gasteiger partial charge on any atom is -0.480 e. The minimum absolute atomic E-state index is 0.242. The van der Waals surface area contributed by atoms with E-state index in [0.29, 0.717) is 12.2 Å². The molecular weight excluding hydrogens is 257 g/mol. The number of halogens is 1. The molecule has 0 heterocycles. The zero-order valence-corrected chi connectivity index (χ0v) is 10.7. The molecule has 1 aromatic rings. The van der Waals surface area contributed by atoms with Crippen LogP contribution in [0.15, 0.2) is 24.3 Å². The van der Waals surface area contributed by atoms with Crippen molar-refractivity contribution in [1.29, 1.82) is 0 Å². The molecule has 0 aromatic heterocycles. The summed E-state index contributed by atoms with van der Waals surface area (Å²) < 4.78 is 12.7. The fourth-order valence-electron chi connectivity index (χ4n) is 1.34. The van der Waals surface area contributed by atoms with Crippen molar-refractivity contribution in [3.05, 3.63) is 35.6 Å². The van der Waals surface area contributed by atoms with Crippen LogP contribution in [0.5, 0.6) is 0 Å². The standard InChI is InChI=1S/C12H14FNO3S/c1-18-7-6-10(12(16)17)14-11(15)8-2-4-9(13)5-3-8/h2-5,10H,6-7H2,1H3,(H,14,15)(H,16,17)/t10-/m0/s1. The first-order chi connectivity index (χ1) is 8.54. The highest BCUT2D eigenvalue weighted by molar-refractivity contribution is 7.98. The normalized spacial score (nSPS) is 11.9. The Hall–Kier alpha value is -1.56. The molecular formula is C12H14FNO3S. The molecule has 1 rings (SSSR count). The van der Waals surface area contributed by atoms with Crippen LogP contribution >= 0.6 is 11.8 Å². The first-order valence-electron chi connectivity index (χ1n) is 5.32. The Bertz CT molecular complexity index is 422. The lowest BCUT2D eigenvalue weighted by Crippen LogP contribution is -2.41. The van der Waals surface area contributed by atoms with Crippen molar-refractivity contribution in [2.75, 3.05) is 12.0 Å². The van der Waals surface area contributed by atoms with Gasteiger partial charge in [0.2, 0.25) is 0 Å². The van der Waals surface area contributed by atoms with Crippen LogP contribution in [0.4, 0.5) is 4.39 Å². The highest BCUT2D eigenvalue weighted by atomic mass is 32.2. The predicted octanol–water partition coefficient (Wildman–Crippen LogP) is 1.76. The summed E-state index contributed by atoms with van der Waals surface area (Å²) in [6, 6.07) is 4.03. The number of thioether (sulfide) groups is 1. The van der Waals surface area contributed by atoms with Crippen molar-refractivity contribution < 1.29 is 19.1 Å². The lowest BCUT2D eigenvalue weighted by atomic mass is 10.1. The van der Waals surface area contributed by atoms with E-state index in [1.807, 2.05) is 6.26 Å². The molecule has 0 saturated carbocycles. The van der Waals surface area contributed by atoms with Gasteiger partial charge in [-0.2, -0.15) is 11.8 Å². The monoisotopic (exact) mass is 271 g/mol. The second-order valence-electron chi connectivity index (χ2n) is 3.65. The van der Waals surface area contributed by atoms with E-state index in [-0.39, 0.29) is 5.56 Å². The molecule has 18 heavy (non-hydrogen) atoms. The van der Waals surface area contributed by atoms with Gasteiger partial charge in [0.05, 0.1) is 0 Å². The number of carboxylic acids is 1. The minimum atomic E-state index is -1.07. The largest absolute Gasteiger partial charge is 0.480 e. The molecule has 0 aliphatic carbocycles. The van der Waals surface area contributed by atoms with Gasteiger partial charge in [-0.1, -0.05) is 0 Å². The summed E-state index contributed by atoms with van der Waals surface area (Å²) in [6.07, 6.45) is 2.21. The van der Waals surface area contributed by atoms with Crippen LogP contribution in [-0.2, 0) is 4.79 Å². The summed E-state index contributed by atoms with van der Waals surface area (Å²) in [5.74, 6) is -1.38. The van der Waals surface area contributed by atoms with E-state index in [1.54, 1.807) is 0 Å². The Morgan fingerprint density at radius 2 is 2.00 bits per heavy atom. The first kappa shape index (κ1) is 14.5. The number of hydrogen-bond donors (Lipinski definition) is 2. The molecule has 6 heteroatoms. The van der Waals surface area contributed by atoms with Crippen LogP contribution < -0.4 is 5.32 Å². The first-order valence-corrected chi connectivity index (χ1v) is 6.72. The molecule has 4 nitrogen and oxygen atoms in total. The number of carbonyl (C=O) groups is 2. The highest BCUT2D eigenvalue weighted by Gasteiger charge is 2.19. The van der Waals surface area contributed by atoms with E-state index in [9.17, 15) is 14.0 Å². The summed E-state index contributed by atoms with van der Waals surface area (Å²) in [5.41, 5.74) is 0.242. The zero-order chi connectivity index (χ0) is 13.5. The van der Waals surface area contributed by atoms with Crippen LogP contribution in [0.25, 0.3) is 0 Å². The number of rotatable bonds is 6. The number of carboxylic acid groups (broad SMARTS) is 1. The summed E-state index contributed by atoms with van der Waals surface area (Å²) >= 11 is 1.51. The Morgan fingerprint density at radius 3 is 2.50 bits per heavy atom. The SMILES string of the molecule is CSCC[C@H](NC(=O)c1ccc(F)cc1)C(=O)O. The number of aliphatic carboxylic acids is 1. The molecule has 2 N–H and O–H groups in total. The molecule has 0 aliphatic rings. The topological polar surface area (TPSA) is 66.4 Å². The fourth-order valence-corrected chi connectivity index (χ4v) is 1.81. The third kappa shape index (κ3) is 4.37. The van der Waals surface area contributed by atoms with Crippen molar-refractivity contribution in [1.82, 2.24) is 5.32 Å². The quantitative estimate of drug-likeness (QED) is 0.827. The van der Waals surface area contributed by atoms with Crippen LogP contribution in [0, 0.1) is 5.82 Å². The van der Waals surface area contributed by atoms with Crippen molar-refractivity contribution in [2.45, 2.75) is 12.5 Å². The zero-order valence-electron chi connectivity index (χ0n) is 9.85. The summed E-state index contributed by atoms with van der Waals surface area (Å²) in [7, 11) is 0. The van der Waals surface area contributed by atoms with Crippen molar-refractivity contribution in [3.8, 4) is 0 Å². The molecule has 0 saturated heterocycles. The van der Waals surface area contributed by atoms with Crippen LogP contribution in [0.2, 0.25) is 0 Å². The van der Waals surface area contributed by atoms with Gasteiger partial charge >= 0.3 is 5.97 Å². The number of hydrogen-bond acceptors (Lipinski definition) is 3. The average Bonchev–Trinajstić information content (AvgIpc) is 2.34. The van der Waals surface area contributed by atoms with Crippen molar-refractivity contribution in [3.63, 3.8) is 0 Å². The molecule has 0 bridgehead atoms. The van der Waals surface area contributed by atoms with Gasteiger partial charge < -0.3 is 10.4 Å². The van der Waals surface area contributed by atoms with E-state index in [1.165, 1.54) is 23.9 Å². The van der Waals surface area contributed by atoms with Gasteiger partial charge in [-0.25, -0.2) is 9.18 Å². The number of benzene rings is 1. The van der Waals surface area contributed by atoms with E-state index >= 15 is 0 Å². The summed E-state index contributed by atoms with van der Waals surface area (Å²) in [6.45, 7) is 0. The smallest absolute Gasteiger partial charge is 0.326 e. The number of nitrogens with one attached hydrogen (secondary N) is 1. The van der Waals surface area contributed by atoms with Gasteiger partial charge in [0.25, 0.3) is 5.91 Å². The van der Waals surface area contributed by atoms with Crippen LogP contribution in [0.1, 0.15) is 16.8 Å². The molecule has 1 amide bonds. The van der Waals surface area contributed by atoms with E-state index in [2.05, 4.69) is 5.32 Å². The van der Waals surface area contributed by atoms with Gasteiger partial charge in [-0.05, 0) is 42.7 Å². The molecule has 1 aromatic carbocycles. The van der Waals surface area contributed by atoms with Crippen molar-refractivity contribution >= 4 is 23.6 Å². The fraction of sp³-hybridized carbons (Fsp3) is 0.333. The average molecular weight is 271 g/mol. The van der Waals surface area contributed by atoms with E-state index in [4.69, 9.17) is 5.11 Å². The number of carbonyl (C=O) groups excluding carboxylic acids is 1. The lowest BCUT2D eigenvalue weighted by Gasteiger charge is -2.13. The molecule has 0 spiro atoms. The van der Waals surface area contributed by atoms with Gasteiger partial charge in [0.1, 0.15) is 11.9 Å². The maximum atomic E-state index is 12.7. The molecule has 0 radical (unpaired) electrons. The Kier molecular flexibility index (Phi) is 5.64. The molecule has 1 atom stereocenters. The maximum absolute atomic E-state index is 12.7. The van der Waals surface area contributed by atoms with E-state index < -0.39 is 23.7 Å². The Labute approximate surface area is 109 Å². The molecule has 0 aliphatic heterocycles. The third-order valence-electron chi connectivity index (χ3n) is 2.32.